The summed E-state index contributed by atoms with van der Waals surface area (Å²) in [5, 5.41) is 18.4. The molecule has 1 unspecified atom stereocenters. The van der Waals surface area contributed by atoms with Crippen LogP contribution in [0.1, 0.15) is 33.1 Å². The van der Waals surface area contributed by atoms with E-state index in [4.69, 9.17) is 28.3 Å². The second kappa shape index (κ2) is 10.3. The number of aromatic nitrogens is 1. The second-order valence-corrected chi connectivity index (χ2v) is 7.25. The number of amides is 2. The molecular formula is C22H21ClN6O3. The number of anilines is 1. The van der Waals surface area contributed by atoms with Crippen LogP contribution in [0, 0.1) is 0 Å². The maximum absolute atomic E-state index is 12.5. The normalized spacial score (nSPS) is 12.1. The van der Waals surface area contributed by atoms with Gasteiger partial charge in [-0.15, -0.1) is 0 Å². The Morgan fingerprint density at radius 1 is 1.09 bits per heavy atom. The number of hydrogen-bond donors (Lipinski definition) is 5. The molecule has 0 aliphatic heterocycles. The number of carbonyl (C=O) groups excluding carboxylic acids is 2. The minimum Gasteiger partial charge on any atom is -0.409 e. The molecule has 0 spiro atoms. The minimum absolute atomic E-state index is 0.112. The van der Waals surface area contributed by atoms with Gasteiger partial charge in [0.15, 0.2) is 5.84 Å². The monoisotopic (exact) mass is 452 g/mol. The summed E-state index contributed by atoms with van der Waals surface area (Å²) in [6.07, 6.45) is 3.10. The number of oxime groups is 1. The van der Waals surface area contributed by atoms with Crippen molar-refractivity contribution < 1.29 is 14.8 Å². The zero-order valence-corrected chi connectivity index (χ0v) is 17.6. The molecule has 1 heterocycles. The third kappa shape index (κ3) is 5.52. The van der Waals surface area contributed by atoms with Gasteiger partial charge in [-0.2, -0.15) is 0 Å². The van der Waals surface area contributed by atoms with Crippen LogP contribution >= 0.6 is 11.6 Å². The van der Waals surface area contributed by atoms with E-state index < -0.39 is 11.9 Å². The van der Waals surface area contributed by atoms with Crippen LogP contribution in [-0.2, 0) is 11.3 Å². The van der Waals surface area contributed by atoms with Gasteiger partial charge in [0.1, 0.15) is 6.04 Å². The predicted molar refractivity (Wildman–Crippen MR) is 121 cm³/mol. The molecule has 0 fully saturated rings. The number of benzene rings is 2. The first-order valence-electron chi connectivity index (χ1n) is 9.49. The molecule has 32 heavy (non-hydrogen) atoms. The second-order valence-electron chi connectivity index (χ2n) is 6.82. The minimum atomic E-state index is -0.895. The Labute approximate surface area is 189 Å². The Balaban J connectivity index is 1.90. The Hall–Kier alpha value is -4.11. The number of nitrogens with zero attached hydrogens (tertiary/aromatic N) is 2. The third-order valence-electron chi connectivity index (χ3n) is 4.64. The van der Waals surface area contributed by atoms with E-state index in [2.05, 4.69) is 20.8 Å². The summed E-state index contributed by atoms with van der Waals surface area (Å²) in [6, 6.07) is 14.0. The first kappa shape index (κ1) is 22.6. The van der Waals surface area contributed by atoms with Gasteiger partial charge in [0.25, 0.3) is 5.91 Å². The fourth-order valence-corrected chi connectivity index (χ4v) is 3.20. The van der Waals surface area contributed by atoms with E-state index in [0.29, 0.717) is 33.0 Å². The van der Waals surface area contributed by atoms with Crippen molar-refractivity contribution in [2.24, 2.45) is 16.6 Å². The summed E-state index contributed by atoms with van der Waals surface area (Å²) < 4.78 is 0. The van der Waals surface area contributed by atoms with Gasteiger partial charge in [-0.05, 0) is 35.9 Å². The maximum atomic E-state index is 12.5. The van der Waals surface area contributed by atoms with E-state index in [9.17, 15) is 9.59 Å². The Bertz CT molecular complexity index is 1150. The standard InChI is InChI=1S/C22H21ClN6O3/c23-17-5-1-3-14(9-17)22(31)27-12-15-7-6-13(20(24)29-32)10-18(15)28-19(21(25)30)16-4-2-8-26-11-16/h1-11,19,28,32H,12H2,(H2,24,29)(H2,25,30)(H,27,31). The van der Waals surface area contributed by atoms with Crippen LogP contribution < -0.4 is 22.1 Å². The summed E-state index contributed by atoms with van der Waals surface area (Å²) in [4.78, 5) is 28.7. The quantitative estimate of drug-likeness (QED) is 0.153. The Kier molecular flexibility index (Phi) is 7.25. The molecule has 2 amide bonds. The van der Waals surface area contributed by atoms with Crippen molar-refractivity contribution in [3.63, 3.8) is 0 Å². The molecule has 1 atom stereocenters. The van der Waals surface area contributed by atoms with Crippen molar-refractivity contribution in [1.29, 1.82) is 0 Å². The van der Waals surface area contributed by atoms with Gasteiger partial charge in [-0.3, -0.25) is 14.6 Å². The Morgan fingerprint density at radius 2 is 1.91 bits per heavy atom. The molecule has 2 aromatic carbocycles. The Morgan fingerprint density at radius 3 is 2.56 bits per heavy atom. The first-order valence-corrected chi connectivity index (χ1v) is 9.87. The summed E-state index contributed by atoms with van der Waals surface area (Å²) in [7, 11) is 0. The molecule has 0 aliphatic carbocycles. The number of hydrogen-bond acceptors (Lipinski definition) is 6. The molecule has 1 aromatic heterocycles. The highest BCUT2D eigenvalue weighted by Gasteiger charge is 2.20. The lowest BCUT2D eigenvalue weighted by atomic mass is 10.0. The summed E-state index contributed by atoms with van der Waals surface area (Å²) in [6.45, 7) is 0.128. The molecule has 0 saturated heterocycles. The molecule has 3 rings (SSSR count). The van der Waals surface area contributed by atoms with Crippen molar-refractivity contribution in [2.45, 2.75) is 12.6 Å². The number of primary amides is 1. The van der Waals surface area contributed by atoms with Crippen LogP contribution in [0.2, 0.25) is 5.02 Å². The van der Waals surface area contributed by atoms with E-state index in [0.717, 1.165) is 0 Å². The zero-order valence-electron chi connectivity index (χ0n) is 16.8. The fourth-order valence-electron chi connectivity index (χ4n) is 3.01. The highest BCUT2D eigenvalue weighted by molar-refractivity contribution is 6.30. The van der Waals surface area contributed by atoms with Gasteiger partial charge >= 0.3 is 0 Å². The number of rotatable bonds is 8. The molecule has 3 aromatic rings. The number of carbonyl (C=O) groups is 2. The largest absolute Gasteiger partial charge is 0.409 e. The van der Waals surface area contributed by atoms with Crippen LogP contribution in [0.5, 0.6) is 0 Å². The summed E-state index contributed by atoms with van der Waals surface area (Å²) in [5.41, 5.74) is 13.8. The fraction of sp³-hybridized carbons (Fsp3) is 0.0909. The smallest absolute Gasteiger partial charge is 0.251 e. The van der Waals surface area contributed by atoms with Gasteiger partial charge < -0.3 is 27.3 Å². The number of nitrogens with two attached hydrogens (primary N) is 2. The lowest BCUT2D eigenvalue weighted by Gasteiger charge is -2.20. The average Bonchev–Trinajstić information content (AvgIpc) is 2.81. The lowest BCUT2D eigenvalue weighted by molar-refractivity contribution is -0.118. The van der Waals surface area contributed by atoms with Crippen molar-refractivity contribution >= 4 is 34.9 Å². The molecule has 0 radical (unpaired) electrons. The van der Waals surface area contributed by atoms with Crippen LogP contribution in [-0.4, -0.2) is 27.8 Å². The van der Waals surface area contributed by atoms with Gasteiger partial charge in [0.2, 0.25) is 5.91 Å². The predicted octanol–water partition coefficient (Wildman–Crippen LogP) is 2.40. The molecule has 0 bridgehead atoms. The summed E-state index contributed by atoms with van der Waals surface area (Å²) in [5.74, 6) is -1.06. The van der Waals surface area contributed by atoms with Crippen LogP contribution in [0.3, 0.4) is 0 Å². The molecule has 164 valence electrons. The SMILES string of the molecule is NC(=O)C(Nc1cc(C(N)=NO)ccc1CNC(=O)c1cccc(Cl)c1)c1cccnc1. The van der Waals surface area contributed by atoms with Gasteiger partial charge in [0, 0.05) is 46.3 Å². The van der Waals surface area contributed by atoms with Crippen LogP contribution in [0.4, 0.5) is 5.69 Å². The summed E-state index contributed by atoms with van der Waals surface area (Å²) >= 11 is 5.95. The van der Waals surface area contributed by atoms with Crippen LogP contribution in [0.15, 0.2) is 72.1 Å². The molecule has 0 aliphatic rings. The highest BCUT2D eigenvalue weighted by atomic mass is 35.5. The highest BCUT2D eigenvalue weighted by Crippen LogP contribution is 2.24. The van der Waals surface area contributed by atoms with E-state index in [-0.39, 0.29) is 18.3 Å². The van der Waals surface area contributed by atoms with E-state index in [1.165, 1.54) is 6.20 Å². The maximum Gasteiger partial charge on any atom is 0.251 e. The van der Waals surface area contributed by atoms with E-state index >= 15 is 0 Å². The molecule has 9 nitrogen and oxygen atoms in total. The van der Waals surface area contributed by atoms with E-state index in [1.54, 1.807) is 60.8 Å². The third-order valence-corrected chi connectivity index (χ3v) is 4.88. The molecule has 7 N–H and O–H groups in total. The molecule has 0 saturated carbocycles. The van der Waals surface area contributed by atoms with Gasteiger partial charge in [-0.1, -0.05) is 41.0 Å². The van der Waals surface area contributed by atoms with Gasteiger partial charge in [-0.25, -0.2) is 0 Å². The van der Waals surface area contributed by atoms with Crippen molar-refractivity contribution in [3.8, 4) is 0 Å². The molecular weight excluding hydrogens is 432 g/mol. The van der Waals surface area contributed by atoms with Crippen molar-refractivity contribution in [3.05, 3.63) is 94.3 Å². The number of halogens is 1. The van der Waals surface area contributed by atoms with Crippen molar-refractivity contribution in [2.75, 3.05) is 5.32 Å². The van der Waals surface area contributed by atoms with E-state index in [1.807, 2.05) is 0 Å². The molecule has 10 heteroatoms. The topological polar surface area (TPSA) is 156 Å². The zero-order chi connectivity index (χ0) is 23.1. The van der Waals surface area contributed by atoms with Crippen LogP contribution in [0.25, 0.3) is 0 Å². The average molecular weight is 453 g/mol. The van der Waals surface area contributed by atoms with Gasteiger partial charge in [0.05, 0.1) is 0 Å². The lowest BCUT2D eigenvalue weighted by Crippen LogP contribution is -2.29. The number of nitrogens with one attached hydrogen (secondary N) is 2. The number of pyridine rings is 1. The first-order chi connectivity index (χ1) is 15.4. The van der Waals surface area contributed by atoms with Crippen molar-refractivity contribution in [1.82, 2.24) is 10.3 Å². The number of amidine groups is 1.